The van der Waals surface area contributed by atoms with E-state index >= 15 is 0 Å². The van der Waals surface area contributed by atoms with Crippen molar-refractivity contribution in [1.29, 1.82) is 0 Å². The maximum absolute atomic E-state index is 11.9. The molecule has 1 fully saturated rings. The normalized spacial score (nSPS) is 17.8. The van der Waals surface area contributed by atoms with Crippen LogP contribution in [0.25, 0.3) is 0 Å². The summed E-state index contributed by atoms with van der Waals surface area (Å²) < 4.78 is 26.3. The smallest absolute Gasteiger partial charge is 0.242 e. The standard InChI is InChI=1S/C13H19N3O3S2.ClH/c1-2-7-15-21(18,19)11-5-3-10(4-6-11)16-13(17)12-8-20-9-14-12;/h3-6,12,14-15H,2,7-9H2,1H3,(H,16,17);1H. The third-order valence-corrected chi connectivity index (χ3v) is 5.42. The highest BCUT2D eigenvalue weighted by Gasteiger charge is 2.22. The Balaban J connectivity index is 0.00000242. The molecule has 0 radical (unpaired) electrons. The molecule has 0 spiro atoms. The lowest BCUT2D eigenvalue weighted by atomic mass is 10.2. The van der Waals surface area contributed by atoms with E-state index < -0.39 is 10.0 Å². The van der Waals surface area contributed by atoms with Crippen LogP contribution in [0.5, 0.6) is 0 Å². The number of sulfonamides is 1. The molecule has 22 heavy (non-hydrogen) atoms. The number of amides is 1. The maximum atomic E-state index is 11.9. The lowest BCUT2D eigenvalue weighted by molar-refractivity contribution is -0.117. The summed E-state index contributed by atoms with van der Waals surface area (Å²) in [6, 6.07) is 5.99. The van der Waals surface area contributed by atoms with Crippen molar-refractivity contribution in [2.24, 2.45) is 0 Å². The molecule has 1 heterocycles. The van der Waals surface area contributed by atoms with Crippen LogP contribution in [0.3, 0.4) is 0 Å². The molecular formula is C13H20ClN3O3S2. The molecule has 9 heteroatoms. The van der Waals surface area contributed by atoms with E-state index in [1.165, 1.54) is 12.1 Å². The Kier molecular flexibility index (Phi) is 7.64. The second kappa shape index (κ2) is 8.73. The molecule has 1 atom stereocenters. The highest BCUT2D eigenvalue weighted by molar-refractivity contribution is 7.99. The van der Waals surface area contributed by atoms with Crippen LogP contribution in [0.2, 0.25) is 0 Å². The van der Waals surface area contributed by atoms with Gasteiger partial charge in [-0.1, -0.05) is 6.92 Å². The predicted molar refractivity (Wildman–Crippen MR) is 92.0 cm³/mol. The molecule has 1 aliphatic rings. The lowest BCUT2D eigenvalue weighted by Gasteiger charge is -2.11. The van der Waals surface area contributed by atoms with Crippen LogP contribution in [-0.2, 0) is 14.8 Å². The lowest BCUT2D eigenvalue weighted by Crippen LogP contribution is -2.37. The van der Waals surface area contributed by atoms with Gasteiger partial charge in [0.05, 0.1) is 10.9 Å². The SMILES string of the molecule is CCCNS(=O)(=O)c1ccc(NC(=O)C2CSCN2)cc1.Cl. The van der Waals surface area contributed by atoms with Crippen LogP contribution < -0.4 is 15.4 Å². The summed E-state index contributed by atoms with van der Waals surface area (Å²) in [6.45, 7) is 2.31. The topological polar surface area (TPSA) is 87.3 Å². The molecule has 2 rings (SSSR count). The fraction of sp³-hybridized carbons (Fsp3) is 0.462. The van der Waals surface area contributed by atoms with Crippen LogP contribution >= 0.6 is 24.2 Å². The Morgan fingerprint density at radius 3 is 2.59 bits per heavy atom. The number of halogens is 1. The summed E-state index contributed by atoms with van der Waals surface area (Å²) in [6.07, 6.45) is 0.736. The van der Waals surface area contributed by atoms with Crippen molar-refractivity contribution in [2.75, 3.05) is 23.5 Å². The van der Waals surface area contributed by atoms with Crippen LogP contribution in [-0.4, -0.2) is 38.5 Å². The minimum Gasteiger partial charge on any atom is -0.325 e. The summed E-state index contributed by atoms with van der Waals surface area (Å²) in [5.74, 6) is 1.43. The molecule has 3 N–H and O–H groups in total. The van der Waals surface area contributed by atoms with Gasteiger partial charge in [-0.15, -0.1) is 24.2 Å². The molecule has 1 saturated heterocycles. The van der Waals surface area contributed by atoms with Gasteiger partial charge < -0.3 is 5.32 Å². The quantitative estimate of drug-likeness (QED) is 0.709. The fourth-order valence-electron chi connectivity index (χ4n) is 1.83. The second-order valence-corrected chi connectivity index (χ2v) is 7.48. The first-order chi connectivity index (χ1) is 10.0. The summed E-state index contributed by atoms with van der Waals surface area (Å²) in [5, 5.41) is 5.86. The third-order valence-electron chi connectivity index (χ3n) is 3.01. The average Bonchev–Trinajstić information content (AvgIpc) is 3.00. The Hall–Kier alpha value is -0.800. The van der Waals surface area contributed by atoms with Gasteiger partial charge in [-0.2, -0.15) is 0 Å². The minimum atomic E-state index is -3.46. The van der Waals surface area contributed by atoms with Gasteiger partial charge in [-0.05, 0) is 30.7 Å². The molecular weight excluding hydrogens is 346 g/mol. The molecule has 0 aromatic heterocycles. The molecule has 1 aliphatic heterocycles. The first kappa shape index (κ1) is 19.2. The van der Waals surface area contributed by atoms with Crippen LogP contribution in [0.4, 0.5) is 5.69 Å². The van der Waals surface area contributed by atoms with Crippen molar-refractivity contribution < 1.29 is 13.2 Å². The van der Waals surface area contributed by atoms with Gasteiger partial charge in [0.15, 0.2) is 0 Å². The summed E-state index contributed by atoms with van der Waals surface area (Å²) >= 11 is 1.67. The Labute approximate surface area is 141 Å². The second-order valence-electron chi connectivity index (χ2n) is 4.68. The van der Waals surface area contributed by atoms with E-state index in [1.54, 1.807) is 23.9 Å². The number of anilines is 1. The molecule has 6 nitrogen and oxygen atoms in total. The zero-order valence-electron chi connectivity index (χ0n) is 12.2. The van der Waals surface area contributed by atoms with Crippen molar-refractivity contribution in [3.05, 3.63) is 24.3 Å². The molecule has 0 saturated carbocycles. The zero-order valence-corrected chi connectivity index (χ0v) is 14.6. The molecule has 1 aromatic rings. The highest BCUT2D eigenvalue weighted by Crippen LogP contribution is 2.16. The number of carbonyl (C=O) groups excluding carboxylic acids is 1. The number of rotatable bonds is 6. The zero-order chi connectivity index (χ0) is 15.3. The molecule has 0 bridgehead atoms. The van der Waals surface area contributed by atoms with Gasteiger partial charge >= 0.3 is 0 Å². The number of carbonyl (C=O) groups is 1. The predicted octanol–water partition coefficient (Wildman–Crippen LogP) is 1.40. The van der Waals surface area contributed by atoms with Gasteiger partial charge in [-0.3, -0.25) is 10.1 Å². The van der Waals surface area contributed by atoms with Crippen LogP contribution in [0.15, 0.2) is 29.2 Å². The largest absolute Gasteiger partial charge is 0.325 e. The molecule has 1 aromatic carbocycles. The average molecular weight is 366 g/mol. The van der Waals surface area contributed by atoms with Crippen molar-refractivity contribution >= 4 is 45.8 Å². The van der Waals surface area contributed by atoms with Gasteiger partial charge in [0.25, 0.3) is 0 Å². The highest BCUT2D eigenvalue weighted by atomic mass is 35.5. The molecule has 1 unspecified atom stereocenters. The number of hydrogen-bond donors (Lipinski definition) is 3. The molecule has 124 valence electrons. The van der Waals surface area contributed by atoms with E-state index in [-0.39, 0.29) is 29.3 Å². The molecule has 0 aliphatic carbocycles. The van der Waals surface area contributed by atoms with E-state index in [0.29, 0.717) is 12.2 Å². The Morgan fingerprint density at radius 1 is 1.36 bits per heavy atom. The Bertz CT molecular complexity index is 587. The van der Waals surface area contributed by atoms with Crippen molar-refractivity contribution in [1.82, 2.24) is 10.0 Å². The van der Waals surface area contributed by atoms with Crippen LogP contribution in [0.1, 0.15) is 13.3 Å². The fourth-order valence-corrected chi connectivity index (χ4v) is 3.91. The number of hydrogen-bond acceptors (Lipinski definition) is 5. The monoisotopic (exact) mass is 365 g/mol. The van der Waals surface area contributed by atoms with E-state index in [9.17, 15) is 13.2 Å². The van der Waals surface area contributed by atoms with Crippen molar-refractivity contribution in [2.45, 2.75) is 24.3 Å². The van der Waals surface area contributed by atoms with Crippen molar-refractivity contribution in [3.63, 3.8) is 0 Å². The number of nitrogens with one attached hydrogen (secondary N) is 3. The molecule has 1 amide bonds. The van der Waals surface area contributed by atoms with E-state index in [0.717, 1.165) is 18.1 Å². The van der Waals surface area contributed by atoms with Gasteiger partial charge in [-0.25, -0.2) is 13.1 Å². The number of thioether (sulfide) groups is 1. The van der Waals surface area contributed by atoms with Gasteiger partial charge in [0, 0.05) is 23.9 Å². The van der Waals surface area contributed by atoms with Gasteiger partial charge in [0.2, 0.25) is 15.9 Å². The minimum absolute atomic E-state index is 0. The summed E-state index contributed by atoms with van der Waals surface area (Å²) in [5.41, 5.74) is 0.591. The first-order valence-electron chi connectivity index (χ1n) is 6.74. The maximum Gasteiger partial charge on any atom is 0.242 e. The van der Waals surface area contributed by atoms with E-state index in [4.69, 9.17) is 0 Å². The third kappa shape index (κ3) is 5.13. The summed E-state index contributed by atoms with van der Waals surface area (Å²) in [4.78, 5) is 12.1. The van der Waals surface area contributed by atoms with Crippen LogP contribution in [0, 0.1) is 0 Å². The Morgan fingerprint density at radius 2 is 2.05 bits per heavy atom. The van der Waals surface area contributed by atoms with E-state index in [1.807, 2.05) is 6.92 Å². The van der Waals surface area contributed by atoms with E-state index in [2.05, 4.69) is 15.4 Å². The van der Waals surface area contributed by atoms with Crippen molar-refractivity contribution in [3.8, 4) is 0 Å². The number of benzene rings is 1. The van der Waals surface area contributed by atoms with Gasteiger partial charge in [0.1, 0.15) is 0 Å². The summed E-state index contributed by atoms with van der Waals surface area (Å²) in [7, 11) is -3.46. The first-order valence-corrected chi connectivity index (χ1v) is 9.38.